The first-order valence-electron chi connectivity index (χ1n) is 5.50. The molecule has 2 nitrogen and oxygen atoms in total. The van der Waals surface area contributed by atoms with Gasteiger partial charge in [0.05, 0.1) is 0 Å². The SMILES string of the molecule is COC(c1ccc(SC(C)C)cc1)N(C)C. The van der Waals surface area contributed by atoms with Crippen molar-refractivity contribution in [3.05, 3.63) is 29.8 Å². The maximum absolute atomic E-state index is 5.44. The zero-order chi connectivity index (χ0) is 12.1. The summed E-state index contributed by atoms with van der Waals surface area (Å²) in [5, 5.41) is 0.623. The molecule has 0 saturated carbocycles. The zero-order valence-electron chi connectivity index (χ0n) is 10.7. The molecule has 0 aliphatic heterocycles. The van der Waals surface area contributed by atoms with Gasteiger partial charge in [0.15, 0.2) is 0 Å². The third-order valence-corrected chi connectivity index (χ3v) is 3.25. The van der Waals surface area contributed by atoms with E-state index in [9.17, 15) is 0 Å². The minimum atomic E-state index is 0.0399. The summed E-state index contributed by atoms with van der Waals surface area (Å²) in [5.41, 5.74) is 1.20. The first kappa shape index (κ1) is 13.6. The van der Waals surface area contributed by atoms with Crippen molar-refractivity contribution in [3.63, 3.8) is 0 Å². The summed E-state index contributed by atoms with van der Waals surface area (Å²) in [6.07, 6.45) is 0.0399. The maximum Gasteiger partial charge on any atom is 0.135 e. The average Bonchev–Trinajstić information content (AvgIpc) is 2.20. The van der Waals surface area contributed by atoms with Crippen LogP contribution in [0.25, 0.3) is 0 Å². The van der Waals surface area contributed by atoms with E-state index in [1.165, 1.54) is 10.5 Å². The molecule has 3 heteroatoms. The number of benzene rings is 1. The number of hydrogen-bond acceptors (Lipinski definition) is 3. The lowest BCUT2D eigenvalue weighted by Crippen LogP contribution is -2.21. The number of methoxy groups -OCH3 is 1. The molecule has 0 aromatic heterocycles. The number of ether oxygens (including phenoxy) is 1. The lowest BCUT2D eigenvalue weighted by Gasteiger charge is -2.23. The lowest BCUT2D eigenvalue weighted by molar-refractivity contribution is -0.00543. The van der Waals surface area contributed by atoms with Crippen molar-refractivity contribution < 1.29 is 4.74 Å². The molecule has 1 rings (SSSR count). The smallest absolute Gasteiger partial charge is 0.135 e. The van der Waals surface area contributed by atoms with Crippen molar-refractivity contribution >= 4 is 11.8 Å². The molecule has 16 heavy (non-hydrogen) atoms. The fourth-order valence-corrected chi connectivity index (χ4v) is 2.47. The Morgan fingerprint density at radius 1 is 1.12 bits per heavy atom. The minimum Gasteiger partial charge on any atom is -0.362 e. The fourth-order valence-electron chi connectivity index (χ4n) is 1.63. The van der Waals surface area contributed by atoms with E-state index in [-0.39, 0.29) is 6.23 Å². The highest BCUT2D eigenvalue weighted by Gasteiger charge is 2.12. The molecule has 0 bridgehead atoms. The Hall–Kier alpha value is -0.510. The Bertz CT molecular complexity index is 308. The molecule has 1 unspecified atom stereocenters. The summed E-state index contributed by atoms with van der Waals surface area (Å²) in [7, 11) is 5.78. The van der Waals surface area contributed by atoms with E-state index in [2.05, 4.69) is 43.0 Å². The molecule has 90 valence electrons. The topological polar surface area (TPSA) is 12.5 Å². The van der Waals surface area contributed by atoms with E-state index in [0.29, 0.717) is 5.25 Å². The quantitative estimate of drug-likeness (QED) is 0.577. The third-order valence-electron chi connectivity index (χ3n) is 2.23. The molecule has 0 spiro atoms. The van der Waals surface area contributed by atoms with Crippen LogP contribution in [-0.4, -0.2) is 31.4 Å². The van der Waals surface area contributed by atoms with Gasteiger partial charge in [-0.15, -0.1) is 11.8 Å². The van der Waals surface area contributed by atoms with E-state index < -0.39 is 0 Å². The van der Waals surface area contributed by atoms with Crippen LogP contribution in [0.4, 0.5) is 0 Å². The summed E-state index contributed by atoms with van der Waals surface area (Å²) in [6, 6.07) is 8.60. The molecule has 0 heterocycles. The molecule has 0 N–H and O–H groups in total. The Kier molecular flexibility index (Phi) is 5.32. The van der Waals surface area contributed by atoms with Gasteiger partial charge < -0.3 is 4.74 Å². The van der Waals surface area contributed by atoms with Gasteiger partial charge in [0, 0.05) is 17.3 Å². The molecule has 0 aliphatic carbocycles. The zero-order valence-corrected chi connectivity index (χ0v) is 11.5. The highest BCUT2D eigenvalue weighted by molar-refractivity contribution is 7.99. The molecular weight excluding hydrogens is 218 g/mol. The van der Waals surface area contributed by atoms with Gasteiger partial charge in [-0.05, 0) is 31.8 Å². The van der Waals surface area contributed by atoms with Gasteiger partial charge in [0.25, 0.3) is 0 Å². The maximum atomic E-state index is 5.44. The Labute approximate surface area is 103 Å². The minimum absolute atomic E-state index is 0.0399. The van der Waals surface area contributed by atoms with Crippen LogP contribution in [0.3, 0.4) is 0 Å². The van der Waals surface area contributed by atoms with Gasteiger partial charge >= 0.3 is 0 Å². The average molecular weight is 239 g/mol. The number of thioether (sulfide) groups is 1. The van der Waals surface area contributed by atoms with Crippen LogP contribution in [0.15, 0.2) is 29.2 Å². The second-order valence-electron chi connectivity index (χ2n) is 4.29. The number of rotatable bonds is 5. The van der Waals surface area contributed by atoms with Crippen LogP contribution in [0.5, 0.6) is 0 Å². The summed E-state index contributed by atoms with van der Waals surface area (Å²) in [6.45, 7) is 4.41. The fraction of sp³-hybridized carbons (Fsp3) is 0.538. The van der Waals surface area contributed by atoms with Gasteiger partial charge in [-0.25, -0.2) is 0 Å². The lowest BCUT2D eigenvalue weighted by atomic mass is 10.2. The number of hydrogen-bond donors (Lipinski definition) is 0. The summed E-state index contributed by atoms with van der Waals surface area (Å²) >= 11 is 1.88. The second kappa shape index (κ2) is 6.28. The monoisotopic (exact) mass is 239 g/mol. The molecule has 0 aliphatic rings. The molecule has 1 atom stereocenters. The van der Waals surface area contributed by atoms with Gasteiger partial charge in [-0.3, -0.25) is 4.90 Å². The highest BCUT2D eigenvalue weighted by atomic mass is 32.2. The van der Waals surface area contributed by atoms with Gasteiger partial charge in [0.1, 0.15) is 6.23 Å². The Morgan fingerprint density at radius 3 is 2.06 bits per heavy atom. The molecule has 0 fully saturated rings. The predicted octanol–water partition coefficient (Wildman–Crippen LogP) is 3.39. The molecule has 0 saturated heterocycles. The van der Waals surface area contributed by atoms with E-state index in [1.54, 1.807) is 7.11 Å². The van der Waals surface area contributed by atoms with Crippen LogP contribution in [0, 0.1) is 0 Å². The molecular formula is C13H21NOS. The van der Waals surface area contributed by atoms with Gasteiger partial charge in [0.2, 0.25) is 0 Å². The van der Waals surface area contributed by atoms with Gasteiger partial charge in [-0.2, -0.15) is 0 Å². The van der Waals surface area contributed by atoms with Gasteiger partial charge in [-0.1, -0.05) is 26.0 Å². The number of nitrogens with zero attached hydrogens (tertiary/aromatic N) is 1. The largest absolute Gasteiger partial charge is 0.362 e. The molecule has 1 aromatic rings. The first-order valence-corrected chi connectivity index (χ1v) is 6.38. The highest BCUT2D eigenvalue weighted by Crippen LogP contribution is 2.26. The van der Waals surface area contributed by atoms with Crippen LogP contribution in [0.2, 0.25) is 0 Å². The van der Waals surface area contributed by atoms with E-state index in [1.807, 2.05) is 25.9 Å². The van der Waals surface area contributed by atoms with Crippen molar-refractivity contribution in [2.24, 2.45) is 0 Å². The van der Waals surface area contributed by atoms with Crippen molar-refractivity contribution in [2.75, 3.05) is 21.2 Å². The second-order valence-corrected chi connectivity index (χ2v) is 5.94. The third kappa shape index (κ3) is 3.81. The molecule has 0 radical (unpaired) electrons. The van der Waals surface area contributed by atoms with Crippen LogP contribution < -0.4 is 0 Å². The summed E-state index contributed by atoms with van der Waals surface area (Å²) < 4.78 is 5.44. The Balaban J connectivity index is 2.77. The van der Waals surface area contributed by atoms with E-state index in [4.69, 9.17) is 4.74 Å². The van der Waals surface area contributed by atoms with Crippen molar-refractivity contribution in [1.82, 2.24) is 4.90 Å². The van der Waals surface area contributed by atoms with E-state index in [0.717, 1.165) is 0 Å². The summed E-state index contributed by atoms with van der Waals surface area (Å²) in [5.74, 6) is 0. The van der Waals surface area contributed by atoms with Crippen LogP contribution in [0.1, 0.15) is 25.6 Å². The normalized spacial score (nSPS) is 13.4. The first-order chi connectivity index (χ1) is 7.54. The van der Waals surface area contributed by atoms with Crippen LogP contribution in [-0.2, 0) is 4.74 Å². The van der Waals surface area contributed by atoms with Crippen molar-refractivity contribution in [2.45, 2.75) is 30.2 Å². The van der Waals surface area contributed by atoms with E-state index >= 15 is 0 Å². The predicted molar refractivity (Wildman–Crippen MR) is 70.9 cm³/mol. The Morgan fingerprint density at radius 2 is 1.69 bits per heavy atom. The standard InChI is InChI=1S/C13H21NOS/c1-10(2)16-12-8-6-11(7-9-12)13(15-5)14(3)4/h6-10,13H,1-5H3. The van der Waals surface area contributed by atoms with Crippen molar-refractivity contribution in [1.29, 1.82) is 0 Å². The van der Waals surface area contributed by atoms with Crippen LogP contribution >= 0.6 is 11.8 Å². The van der Waals surface area contributed by atoms with Crippen molar-refractivity contribution in [3.8, 4) is 0 Å². The molecule has 0 amide bonds. The summed E-state index contributed by atoms with van der Waals surface area (Å²) in [4.78, 5) is 3.37. The molecule has 1 aromatic carbocycles.